The Morgan fingerprint density at radius 2 is 1.66 bits per heavy atom. The molecule has 0 saturated heterocycles. The van der Waals surface area contributed by atoms with E-state index in [0.29, 0.717) is 23.6 Å². The second-order valence-corrected chi connectivity index (χ2v) is 14.1. The van der Waals surface area contributed by atoms with E-state index < -0.39 is 16.1 Å². The summed E-state index contributed by atoms with van der Waals surface area (Å²) in [6.07, 6.45) is 5.87. The molecule has 0 aromatic heterocycles. The molecule has 0 bridgehead atoms. The number of hydrogen-bond acceptors (Lipinski definition) is 6. The lowest BCUT2D eigenvalue weighted by Crippen LogP contribution is -2.52. The van der Waals surface area contributed by atoms with Crippen LogP contribution in [0.3, 0.4) is 0 Å². The maximum Gasteiger partial charge on any atom is 0.243 e. The van der Waals surface area contributed by atoms with Gasteiger partial charge in [-0.3, -0.25) is 13.9 Å². The number of amides is 2. The summed E-state index contributed by atoms with van der Waals surface area (Å²) in [4.78, 5) is 29.6. The second-order valence-electron chi connectivity index (χ2n) is 11.3. The first-order valence-corrected chi connectivity index (χ1v) is 17.6. The summed E-state index contributed by atoms with van der Waals surface area (Å²) >= 11 is 3.47. The predicted octanol–water partition coefficient (Wildman–Crippen LogP) is 5.42. The van der Waals surface area contributed by atoms with Crippen molar-refractivity contribution in [2.24, 2.45) is 0 Å². The molecule has 1 atom stereocenters. The van der Waals surface area contributed by atoms with Crippen molar-refractivity contribution >= 4 is 43.5 Å². The standard InChI is InChI=1S/C33H38BrN3O6S/c1-44(40,41)37(28-17-18-30-31(21-28)43-23-42-30)19-7-12-32(38)36(22-25-13-15-26(34)16-14-25)29(20-24-8-3-2-4-9-24)33(39)35-27-10-5-6-11-27/h2-4,8-9,13-18,21,27,29H,5-7,10-12,19-20,22-23H2,1H3,(H,35,39). The summed E-state index contributed by atoms with van der Waals surface area (Å²) in [6.45, 7) is 0.423. The first kappa shape index (κ1) is 31.8. The minimum atomic E-state index is -3.65. The summed E-state index contributed by atoms with van der Waals surface area (Å²) in [7, 11) is -3.65. The lowest BCUT2D eigenvalue weighted by atomic mass is 10.0. The van der Waals surface area contributed by atoms with Crippen molar-refractivity contribution in [2.45, 2.75) is 63.6 Å². The summed E-state index contributed by atoms with van der Waals surface area (Å²) in [5.74, 6) is 0.658. The van der Waals surface area contributed by atoms with Crippen LogP contribution in [0.5, 0.6) is 11.5 Å². The van der Waals surface area contributed by atoms with Crippen molar-refractivity contribution in [2.75, 3.05) is 23.9 Å². The molecule has 2 aliphatic rings. The molecule has 0 spiro atoms. The Morgan fingerprint density at radius 3 is 2.36 bits per heavy atom. The molecule has 1 fully saturated rings. The summed E-state index contributed by atoms with van der Waals surface area (Å²) in [6, 6.07) is 21.8. The van der Waals surface area contributed by atoms with E-state index in [1.54, 1.807) is 23.1 Å². The van der Waals surface area contributed by atoms with Crippen molar-refractivity contribution < 1.29 is 27.5 Å². The highest BCUT2D eigenvalue weighted by atomic mass is 79.9. The Balaban J connectivity index is 1.37. The van der Waals surface area contributed by atoms with Gasteiger partial charge in [-0.2, -0.15) is 0 Å². The average Bonchev–Trinajstić information content (AvgIpc) is 3.69. The van der Waals surface area contributed by atoms with E-state index in [-0.39, 0.29) is 50.6 Å². The van der Waals surface area contributed by atoms with Crippen LogP contribution in [0.1, 0.15) is 49.7 Å². The number of anilines is 1. The molecule has 234 valence electrons. The van der Waals surface area contributed by atoms with Crippen molar-refractivity contribution in [3.8, 4) is 11.5 Å². The number of nitrogens with zero attached hydrogens (tertiary/aromatic N) is 2. The fraction of sp³-hybridized carbons (Fsp3) is 0.394. The van der Waals surface area contributed by atoms with E-state index in [1.807, 2.05) is 54.6 Å². The Morgan fingerprint density at radius 1 is 0.955 bits per heavy atom. The third kappa shape index (κ3) is 8.32. The molecule has 3 aromatic carbocycles. The lowest BCUT2D eigenvalue weighted by Gasteiger charge is -2.33. The molecule has 1 aliphatic carbocycles. The maximum atomic E-state index is 14.0. The minimum Gasteiger partial charge on any atom is -0.454 e. The molecular weight excluding hydrogens is 646 g/mol. The monoisotopic (exact) mass is 683 g/mol. The van der Waals surface area contributed by atoms with Crippen LogP contribution in [0, 0.1) is 0 Å². The smallest absolute Gasteiger partial charge is 0.243 e. The number of carbonyl (C=O) groups excluding carboxylic acids is 2. The van der Waals surface area contributed by atoms with Gasteiger partial charge in [-0.25, -0.2) is 8.42 Å². The van der Waals surface area contributed by atoms with E-state index in [0.717, 1.165) is 47.5 Å². The van der Waals surface area contributed by atoms with Crippen LogP contribution in [0.2, 0.25) is 0 Å². The van der Waals surface area contributed by atoms with Gasteiger partial charge < -0.3 is 19.7 Å². The number of rotatable bonds is 13. The number of carbonyl (C=O) groups is 2. The van der Waals surface area contributed by atoms with Gasteiger partial charge in [-0.15, -0.1) is 0 Å². The summed E-state index contributed by atoms with van der Waals surface area (Å²) in [5.41, 5.74) is 2.29. The number of halogens is 1. The normalized spacial score (nSPS) is 15.1. The summed E-state index contributed by atoms with van der Waals surface area (Å²) in [5, 5.41) is 3.22. The van der Waals surface area contributed by atoms with E-state index >= 15 is 0 Å². The van der Waals surface area contributed by atoms with Crippen LogP contribution in [-0.2, 0) is 32.6 Å². The van der Waals surface area contributed by atoms with E-state index in [9.17, 15) is 18.0 Å². The highest BCUT2D eigenvalue weighted by Crippen LogP contribution is 2.36. The number of sulfonamides is 1. The first-order valence-electron chi connectivity index (χ1n) is 14.9. The third-order valence-electron chi connectivity index (χ3n) is 8.04. The van der Waals surface area contributed by atoms with Crippen LogP contribution in [0.25, 0.3) is 0 Å². The molecule has 1 heterocycles. The second kappa shape index (κ2) is 14.5. The number of hydrogen-bond donors (Lipinski definition) is 1. The number of fused-ring (bicyclic) bond motifs is 1. The molecule has 5 rings (SSSR count). The SMILES string of the molecule is CS(=O)(=O)N(CCCC(=O)N(Cc1ccc(Br)cc1)C(Cc1ccccc1)C(=O)NC1CCCC1)c1ccc2c(c1)OCO2. The molecule has 11 heteroatoms. The van der Waals surface area contributed by atoms with Crippen LogP contribution in [0.15, 0.2) is 77.3 Å². The number of nitrogens with one attached hydrogen (secondary N) is 1. The predicted molar refractivity (Wildman–Crippen MR) is 173 cm³/mol. The van der Waals surface area contributed by atoms with E-state index in [4.69, 9.17) is 9.47 Å². The lowest BCUT2D eigenvalue weighted by molar-refractivity contribution is -0.141. The van der Waals surface area contributed by atoms with Gasteiger partial charge in [0.2, 0.25) is 28.6 Å². The van der Waals surface area contributed by atoms with Gasteiger partial charge in [0.15, 0.2) is 11.5 Å². The minimum absolute atomic E-state index is 0.0646. The summed E-state index contributed by atoms with van der Waals surface area (Å²) < 4.78 is 38.6. The zero-order valence-corrected chi connectivity index (χ0v) is 27.2. The van der Waals surface area contributed by atoms with Gasteiger partial charge in [-0.1, -0.05) is 71.2 Å². The van der Waals surface area contributed by atoms with Crippen molar-refractivity contribution in [3.63, 3.8) is 0 Å². The Labute approximate surface area is 267 Å². The molecule has 1 unspecified atom stereocenters. The molecule has 0 radical (unpaired) electrons. The zero-order valence-electron chi connectivity index (χ0n) is 24.8. The largest absolute Gasteiger partial charge is 0.454 e. The highest BCUT2D eigenvalue weighted by molar-refractivity contribution is 9.10. The molecule has 2 amide bonds. The fourth-order valence-electron chi connectivity index (χ4n) is 5.75. The molecule has 1 aliphatic heterocycles. The molecule has 44 heavy (non-hydrogen) atoms. The Bertz CT molecular complexity index is 1550. The Kier molecular flexibility index (Phi) is 10.5. The topological polar surface area (TPSA) is 105 Å². The van der Waals surface area contributed by atoms with Gasteiger partial charge in [-0.05, 0) is 54.7 Å². The van der Waals surface area contributed by atoms with Gasteiger partial charge in [0, 0.05) is 42.5 Å². The molecular formula is C33H38BrN3O6S. The van der Waals surface area contributed by atoms with Gasteiger partial charge >= 0.3 is 0 Å². The molecule has 1 saturated carbocycles. The first-order chi connectivity index (χ1) is 21.2. The highest BCUT2D eigenvalue weighted by Gasteiger charge is 2.32. The molecule has 3 aromatic rings. The molecule has 9 nitrogen and oxygen atoms in total. The quantitative estimate of drug-likeness (QED) is 0.258. The maximum absolute atomic E-state index is 14.0. The van der Waals surface area contributed by atoms with Crippen LogP contribution in [0.4, 0.5) is 5.69 Å². The average molecular weight is 685 g/mol. The zero-order chi connectivity index (χ0) is 31.1. The van der Waals surface area contributed by atoms with Crippen LogP contribution >= 0.6 is 15.9 Å². The fourth-order valence-corrected chi connectivity index (χ4v) is 6.97. The van der Waals surface area contributed by atoms with Crippen molar-refractivity contribution in [3.05, 3.63) is 88.4 Å². The van der Waals surface area contributed by atoms with Crippen LogP contribution < -0.4 is 19.1 Å². The third-order valence-corrected chi connectivity index (χ3v) is 9.76. The Hall–Kier alpha value is -3.57. The van der Waals surface area contributed by atoms with Gasteiger partial charge in [0.1, 0.15) is 6.04 Å². The van der Waals surface area contributed by atoms with E-state index in [1.165, 1.54) is 4.31 Å². The van der Waals surface area contributed by atoms with Gasteiger partial charge in [0.25, 0.3) is 0 Å². The van der Waals surface area contributed by atoms with Gasteiger partial charge in [0.05, 0.1) is 11.9 Å². The molecule has 1 N–H and O–H groups in total. The van der Waals surface area contributed by atoms with Crippen molar-refractivity contribution in [1.29, 1.82) is 0 Å². The van der Waals surface area contributed by atoms with Crippen molar-refractivity contribution in [1.82, 2.24) is 10.2 Å². The van der Waals surface area contributed by atoms with Crippen LogP contribution in [-0.4, -0.2) is 56.8 Å². The number of ether oxygens (including phenoxy) is 2. The van der Waals surface area contributed by atoms with E-state index in [2.05, 4.69) is 21.2 Å². The number of benzene rings is 3.